The van der Waals surface area contributed by atoms with Crippen LogP contribution in [0.4, 0.5) is 5.82 Å². The van der Waals surface area contributed by atoms with Crippen LogP contribution in [0.25, 0.3) is 28.1 Å². The quantitative estimate of drug-likeness (QED) is 0.403. The van der Waals surface area contributed by atoms with Gasteiger partial charge in [0.15, 0.2) is 11.4 Å². The Morgan fingerprint density at radius 3 is 2.81 bits per heavy atom. The van der Waals surface area contributed by atoms with Gasteiger partial charge in [-0.25, -0.2) is 22.9 Å². The third kappa shape index (κ3) is 4.07. The first kappa shape index (κ1) is 19.8. The summed E-state index contributed by atoms with van der Waals surface area (Å²) in [5.41, 5.74) is 2.15. The maximum absolute atomic E-state index is 11.3. The van der Waals surface area contributed by atoms with Crippen molar-refractivity contribution >= 4 is 32.3 Å². The van der Waals surface area contributed by atoms with E-state index in [-0.39, 0.29) is 12.4 Å². The lowest BCUT2D eigenvalue weighted by molar-refractivity contribution is 0.301. The second-order valence-electron chi connectivity index (χ2n) is 7.77. The highest BCUT2D eigenvalue weighted by Gasteiger charge is 2.20. The summed E-state index contributed by atoms with van der Waals surface area (Å²) in [6, 6.07) is 7.38. The van der Waals surface area contributed by atoms with Crippen molar-refractivity contribution in [3.63, 3.8) is 0 Å². The van der Waals surface area contributed by atoms with Crippen molar-refractivity contribution in [3.8, 4) is 17.3 Å². The maximum Gasteiger partial charge on any atom is 0.231 e. The number of hydrogen-bond donors (Lipinski definition) is 0. The van der Waals surface area contributed by atoms with Crippen LogP contribution >= 0.6 is 0 Å². The molecule has 0 amide bonds. The molecule has 162 valence electrons. The second-order valence-corrected chi connectivity index (χ2v) is 10.0. The van der Waals surface area contributed by atoms with Crippen LogP contribution in [0.5, 0.6) is 5.88 Å². The number of hydrogen-bond acceptors (Lipinski definition) is 8. The predicted octanol–water partition coefficient (Wildman–Crippen LogP) is 2.95. The second kappa shape index (κ2) is 7.84. The van der Waals surface area contributed by atoms with Gasteiger partial charge >= 0.3 is 0 Å². The smallest absolute Gasteiger partial charge is 0.231 e. The molecule has 31 heavy (non-hydrogen) atoms. The number of aromatic nitrogens is 4. The van der Waals surface area contributed by atoms with Gasteiger partial charge in [-0.1, -0.05) is 0 Å². The molecule has 4 aromatic heterocycles. The summed E-state index contributed by atoms with van der Waals surface area (Å²) in [4.78, 5) is 11.3. The van der Waals surface area contributed by atoms with Crippen molar-refractivity contribution < 1.29 is 17.6 Å². The van der Waals surface area contributed by atoms with Crippen LogP contribution < -0.4 is 9.64 Å². The van der Waals surface area contributed by atoms with E-state index in [1.807, 2.05) is 18.2 Å². The van der Waals surface area contributed by atoms with Crippen molar-refractivity contribution in [2.75, 3.05) is 36.6 Å². The Balaban J connectivity index is 1.44. The largest absolute Gasteiger partial charge is 0.477 e. The molecule has 10 heteroatoms. The van der Waals surface area contributed by atoms with Gasteiger partial charge in [-0.3, -0.25) is 0 Å². The van der Waals surface area contributed by atoms with Crippen LogP contribution in [0.15, 0.2) is 41.1 Å². The molecule has 0 unspecified atom stereocenters. The fraction of sp³-hybridized carbons (Fsp3) is 0.381. The molecule has 1 aliphatic heterocycles. The molecule has 1 saturated heterocycles. The third-order valence-corrected chi connectivity index (χ3v) is 6.36. The molecule has 1 fully saturated rings. The average molecular weight is 442 g/mol. The zero-order valence-corrected chi connectivity index (χ0v) is 18.0. The van der Waals surface area contributed by atoms with E-state index in [2.05, 4.69) is 20.0 Å². The van der Waals surface area contributed by atoms with Gasteiger partial charge < -0.3 is 14.1 Å². The van der Waals surface area contributed by atoms with Crippen LogP contribution in [0.1, 0.15) is 19.3 Å². The molecule has 0 aliphatic carbocycles. The Labute approximate surface area is 179 Å². The molecule has 9 nitrogen and oxygen atoms in total. The molecule has 0 aromatic carbocycles. The minimum atomic E-state index is -3.01. The van der Waals surface area contributed by atoms with Gasteiger partial charge in [-0.15, -0.1) is 5.10 Å². The van der Waals surface area contributed by atoms with Crippen molar-refractivity contribution in [1.82, 2.24) is 19.6 Å². The lowest BCUT2D eigenvalue weighted by Crippen LogP contribution is -2.18. The lowest BCUT2D eigenvalue weighted by Gasteiger charge is -2.16. The van der Waals surface area contributed by atoms with Gasteiger partial charge in [0.1, 0.15) is 26.9 Å². The molecule has 0 saturated carbocycles. The molecule has 0 radical (unpaired) electrons. The predicted molar refractivity (Wildman–Crippen MR) is 117 cm³/mol. The first-order valence-corrected chi connectivity index (χ1v) is 12.3. The Kier molecular flexibility index (Phi) is 5.01. The van der Waals surface area contributed by atoms with Crippen LogP contribution in [-0.2, 0) is 9.84 Å². The van der Waals surface area contributed by atoms with E-state index >= 15 is 0 Å². The zero-order chi connectivity index (χ0) is 21.4. The maximum atomic E-state index is 11.3. The fourth-order valence-corrected chi connectivity index (χ4v) is 4.50. The first-order chi connectivity index (χ1) is 15.0. The number of sulfone groups is 1. The van der Waals surface area contributed by atoms with Crippen LogP contribution in [-0.4, -0.2) is 59.7 Å². The highest BCUT2D eigenvalue weighted by molar-refractivity contribution is 7.90. The Morgan fingerprint density at radius 1 is 1.16 bits per heavy atom. The van der Waals surface area contributed by atoms with E-state index in [1.165, 1.54) is 19.1 Å². The van der Waals surface area contributed by atoms with E-state index in [0.29, 0.717) is 29.4 Å². The Hall–Kier alpha value is -3.14. The molecular weight excluding hydrogens is 418 g/mol. The van der Waals surface area contributed by atoms with Gasteiger partial charge in [-0.2, -0.15) is 0 Å². The molecular formula is C21H23N5O4S. The van der Waals surface area contributed by atoms with Gasteiger partial charge in [0.2, 0.25) is 5.88 Å². The van der Waals surface area contributed by atoms with Crippen LogP contribution in [0, 0.1) is 0 Å². The highest BCUT2D eigenvalue weighted by Crippen LogP contribution is 2.34. The van der Waals surface area contributed by atoms with Crippen molar-refractivity contribution in [2.24, 2.45) is 0 Å². The highest BCUT2D eigenvalue weighted by atomic mass is 32.2. The molecule has 5 rings (SSSR count). The molecule has 0 spiro atoms. The number of anilines is 1. The van der Waals surface area contributed by atoms with E-state index in [0.717, 1.165) is 29.9 Å². The van der Waals surface area contributed by atoms with E-state index in [9.17, 15) is 8.42 Å². The number of imidazole rings is 1. The Morgan fingerprint density at radius 2 is 2.00 bits per heavy atom. The summed E-state index contributed by atoms with van der Waals surface area (Å²) >= 11 is 0. The SMILES string of the molecule is CS(=O)(=O)CCCOc1ccc2ncc(-c3cc4c(N5CCCC5)nccc4o3)n2n1. The van der Waals surface area contributed by atoms with Gasteiger partial charge in [-0.05, 0) is 37.5 Å². The summed E-state index contributed by atoms with van der Waals surface area (Å²) in [6.45, 7) is 2.28. The zero-order valence-electron chi connectivity index (χ0n) is 17.2. The van der Waals surface area contributed by atoms with Gasteiger partial charge in [0.25, 0.3) is 0 Å². The van der Waals surface area contributed by atoms with Crippen molar-refractivity contribution in [2.45, 2.75) is 19.3 Å². The monoisotopic (exact) mass is 441 g/mol. The van der Waals surface area contributed by atoms with Crippen molar-refractivity contribution in [1.29, 1.82) is 0 Å². The number of pyridine rings is 1. The van der Waals surface area contributed by atoms with Gasteiger partial charge in [0.05, 0.1) is 23.9 Å². The number of rotatable bonds is 7. The molecule has 0 atom stereocenters. The Bertz CT molecular complexity index is 1340. The number of nitrogens with zero attached hydrogens (tertiary/aromatic N) is 5. The summed E-state index contributed by atoms with van der Waals surface area (Å²) in [6.07, 6.45) is 7.47. The summed E-state index contributed by atoms with van der Waals surface area (Å²) in [7, 11) is -3.01. The van der Waals surface area contributed by atoms with E-state index < -0.39 is 9.84 Å². The van der Waals surface area contributed by atoms with Crippen LogP contribution in [0.2, 0.25) is 0 Å². The van der Waals surface area contributed by atoms with Gasteiger partial charge in [0, 0.05) is 31.6 Å². The lowest BCUT2D eigenvalue weighted by atomic mass is 10.2. The number of furan rings is 1. The minimum absolute atomic E-state index is 0.0813. The summed E-state index contributed by atoms with van der Waals surface area (Å²) < 4.78 is 36.0. The fourth-order valence-electron chi connectivity index (χ4n) is 3.86. The normalized spacial score (nSPS) is 14.7. The number of ether oxygens (including phenoxy) is 1. The molecule has 1 aliphatic rings. The van der Waals surface area contributed by atoms with E-state index in [4.69, 9.17) is 9.15 Å². The molecule has 4 aromatic rings. The third-order valence-electron chi connectivity index (χ3n) is 5.33. The average Bonchev–Trinajstić information content (AvgIpc) is 3.48. The molecule has 5 heterocycles. The summed E-state index contributed by atoms with van der Waals surface area (Å²) in [5.74, 6) is 2.08. The summed E-state index contributed by atoms with van der Waals surface area (Å²) in [5, 5.41) is 5.49. The molecule has 0 bridgehead atoms. The minimum Gasteiger partial charge on any atom is -0.477 e. The van der Waals surface area contributed by atoms with E-state index in [1.54, 1.807) is 23.0 Å². The molecule has 0 N–H and O–H groups in total. The van der Waals surface area contributed by atoms with Crippen LogP contribution in [0.3, 0.4) is 0 Å². The standard InChI is InChI=1S/C21H23N5O4S/c1-31(27,28)12-4-11-29-20-6-5-19-23-14-16(26(19)24-20)18-13-15-17(30-18)7-8-22-21(15)25-9-2-3-10-25/h5-8,13-14H,2-4,9-12H2,1H3. The first-order valence-electron chi connectivity index (χ1n) is 10.3. The number of fused-ring (bicyclic) bond motifs is 2. The topological polar surface area (TPSA) is 103 Å². The van der Waals surface area contributed by atoms with Crippen molar-refractivity contribution in [3.05, 3.63) is 36.7 Å².